The monoisotopic (exact) mass is 268 g/mol. The van der Waals surface area contributed by atoms with Crippen LogP contribution in [0.5, 0.6) is 5.75 Å². The van der Waals surface area contributed by atoms with Gasteiger partial charge in [0.2, 0.25) is 0 Å². The lowest BCUT2D eigenvalue weighted by Crippen LogP contribution is -2.28. The second-order valence-electron chi connectivity index (χ2n) is 5.01. The quantitative estimate of drug-likeness (QED) is 0.834. The molecule has 0 aromatic carbocycles. The van der Waals surface area contributed by atoms with E-state index in [-0.39, 0.29) is 4.90 Å². The molecule has 6 heteroatoms. The number of fused-ring (bicyclic) bond motifs is 1. The molecule has 0 atom stereocenters. The fourth-order valence-corrected chi connectivity index (χ4v) is 2.93. The highest BCUT2D eigenvalue weighted by Gasteiger charge is 2.34. The van der Waals surface area contributed by atoms with Crippen molar-refractivity contribution in [3.63, 3.8) is 0 Å². The fraction of sp³-hybridized carbons (Fsp3) is 0.417. The molecule has 0 N–H and O–H groups in total. The zero-order chi connectivity index (χ0) is 13.6. The van der Waals surface area contributed by atoms with Crippen LogP contribution in [0, 0.1) is 0 Å². The third-order valence-corrected chi connectivity index (χ3v) is 5.27. The zero-order valence-electron chi connectivity index (χ0n) is 10.8. The summed E-state index contributed by atoms with van der Waals surface area (Å²) in [5.41, 5.74) is 0.653. The lowest BCUT2D eigenvalue weighted by Gasteiger charge is -2.20. The van der Waals surface area contributed by atoms with Gasteiger partial charge >= 0.3 is 0 Å². The summed E-state index contributed by atoms with van der Waals surface area (Å²) in [5, 5.41) is 0. The summed E-state index contributed by atoms with van der Waals surface area (Å²) in [6.07, 6.45) is 4.86. The summed E-state index contributed by atoms with van der Waals surface area (Å²) in [6, 6.07) is 1.62. The van der Waals surface area contributed by atoms with E-state index in [1.807, 2.05) is 0 Å². The van der Waals surface area contributed by atoms with E-state index in [2.05, 4.69) is 4.98 Å². The van der Waals surface area contributed by atoms with E-state index in [1.165, 1.54) is 7.11 Å². The number of hydrogen-bond donors (Lipinski definition) is 0. The minimum Gasteiger partial charge on any atom is -0.495 e. The van der Waals surface area contributed by atoms with Crippen molar-refractivity contribution in [3.8, 4) is 5.75 Å². The molecule has 2 aromatic rings. The maximum absolute atomic E-state index is 12.5. The number of rotatable bonds is 2. The van der Waals surface area contributed by atoms with Gasteiger partial charge in [-0.1, -0.05) is 0 Å². The number of pyridine rings is 1. The Bertz CT molecular complexity index is 681. The Balaban J connectivity index is 2.77. The molecule has 0 saturated carbocycles. The Labute approximate surface area is 106 Å². The van der Waals surface area contributed by atoms with E-state index < -0.39 is 14.6 Å². The highest BCUT2D eigenvalue weighted by molar-refractivity contribution is 7.92. The van der Waals surface area contributed by atoms with Crippen molar-refractivity contribution in [2.45, 2.75) is 30.4 Å². The number of methoxy groups -OCH3 is 1. The molecule has 0 saturated heterocycles. The summed E-state index contributed by atoms with van der Waals surface area (Å²) in [7, 11) is -2.01. The van der Waals surface area contributed by atoms with Gasteiger partial charge in [-0.05, 0) is 20.8 Å². The van der Waals surface area contributed by atoms with Crippen molar-refractivity contribution >= 4 is 15.5 Å². The summed E-state index contributed by atoms with van der Waals surface area (Å²) >= 11 is 0. The lowest BCUT2D eigenvalue weighted by molar-refractivity contribution is 0.401. The minimum absolute atomic E-state index is 0.183. The summed E-state index contributed by atoms with van der Waals surface area (Å²) < 4.78 is 30.9. The Morgan fingerprint density at radius 2 is 2.00 bits per heavy atom. The molecule has 0 bridgehead atoms. The SMILES string of the molecule is COc1cc2nccn2cc1S(=O)(=O)C(C)(C)C. The highest BCUT2D eigenvalue weighted by atomic mass is 32.2. The van der Waals surface area contributed by atoms with Crippen LogP contribution in [0.4, 0.5) is 0 Å². The molecular weight excluding hydrogens is 252 g/mol. The van der Waals surface area contributed by atoms with Gasteiger partial charge in [0.15, 0.2) is 9.84 Å². The van der Waals surface area contributed by atoms with Crippen LogP contribution < -0.4 is 4.74 Å². The van der Waals surface area contributed by atoms with E-state index in [4.69, 9.17) is 4.74 Å². The van der Waals surface area contributed by atoms with Crippen molar-refractivity contribution in [2.75, 3.05) is 7.11 Å². The topological polar surface area (TPSA) is 60.7 Å². The molecule has 0 spiro atoms. The summed E-state index contributed by atoms with van der Waals surface area (Å²) in [5.74, 6) is 0.323. The first-order valence-electron chi connectivity index (χ1n) is 5.53. The first-order chi connectivity index (χ1) is 8.27. The van der Waals surface area contributed by atoms with Crippen molar-refractivity contribution < 1.29 is 13.2 Å². The van der Waals surface area contributed by atoms with Crippen LogP contribution in [0.2, 0.25) is 0 Å². The largest absolute Gasteiger partial charge is 0.495 e. The molecule has 18 heavy (non-hydrogen) atoms. The average molecular weight is 268 g/mol. The standard InChI is InChI=1S/C12H16N2O3S/c1-12(2,3)18(15,16)10-8-14-6-5-13-11(14)7-9(10)17-4/h5-8H,1-4H3. The molecule has 98 valence electrons. The molecule has 0 amide bonds. The van der Waals surface area contributed by atoms with Crippen molar-refractivity contribution in [3.05, 3.63) is 24.7 Å². The van der Waals surface area contributed by atoms with E-state index in [0.29, 0.717) is 11.4 Å². The Kier molecular flexibility index (Phi) is 2.85. The lowest BCUT2D eigenvalue weighted by atomic mass is 10.3. The van der Waals surface area contributed by atoms with Crippen LogP contribution in [0.1, 0.15) is 20.8 Å². The van der Waals surface area contributed by atoms with Crippen LogP contribution in [-0.2, 0) is 9.84 Å². The third kappa shape index (κ3) is 1.86. The van der Waals surface area contributed by atoms with Crippen LogP contribution in [0.25, 0.3) is 5.65 Å². The van der Waals surface area contributed by atoms with Gasteiger partial charge in [0.1, 0.15) is 16.3 Å². The zero-order valence-corrected chi connectivity index (χ0v) is 11.7. The molecule has 2 heterocycles. The molecule has 2 aromatic heterocycles. The molecule has 0 aliphatic rings. The molecule has 0 fully saturated rings. The average Bonchev–Trinajstić information content (AvgIpc) is 2.72. The Morgan fingerprint density at radius 3 is 2.56 bits per heavy atom. The van der Waals surface area contributed by atoms with Gasteiger partial charge in [-0.15, -0.1) is 0 Å². The normalized spacial score (nSPS) is 12.9. The van der Waals surface area contributed by atoms with E-state index >= 15 is 0 Å². The molecule has 0 aliphatic heterocycles. The molecule has 5 nitrogen and oxygen atoms in total. The number of imidazole rings is 1. The number of hydrogen-bond acceptors (Lipinski definition) is 4. The van der Waals surface area contributed by atoms with Crippen LogP contribution in [0.3, 0.4) is 0 Å². The third-order valence-electron chi connectivity index (χ3n) is 2.77. The van der Waals surface area contributed by atoms with Gasteiger partial charge in [-0.2, -0.15) is 0 Å². The van der Waals surface area contributed by atoms with Crippen LogP contribution in [-0.4, -0.2) is 29.7 Å². The van der Waals surface area contributed by atoms with E-state index in [0.717, 1.165) is 0 Å². The predicted molar refractivity (Wildman–Crippen MR) is 68.7 cm³/mol. The Morgan fingerprint density at radius 1 is 1.33 bits per heavy atom. The molecular formula is C12H16N2O3S. The predicted octanol–water partition coefficient (Wildman–Crippen LogP) is 1.92. The van der Waals surface area contributed by atoms with E-state index in [9.17, 15) is 8.42 Å². The molecule has 2 rings (SSSR count). The highest BCUT2D eigenvalue weighted by Crippen LogP contribution is 2.32. The van der Waals surface area contributed by atoms with Crippen LogP contribution >= 0.6 is 0 Å². The van der Waals surface area contributed by atoms with Crippen LogP contribution in [0.15, 0.2) is 29.6 Å². The first kappa shape index (κ1) is 12.9. The van der Waals surface area contributed by atoms with Gasteiger partial charge in [-0.3, -0.25) is 0 Å². The minimum atomic E-state index is -3.46. The number of nitrogens with zero attached hydrogens (tertiary/aromatic N) is 2. The van der Waals surface area contributed by atoms with Crippen molar-refractivity contribution in [2.24, 2.45) is 0 Å². The van der Waals surface area contributed by atoms with E-state index in [1.54, 1.807) is 49.8 Å². The van der Waals surface area contributed by atoms with Crippen molar-refractivity contribution in [1.29, 1.82) is 0 Å². The van der Waals surface area contributed by atoms with Gasteiger partial charge in [0.05, 0.1) is 11.9 Å². The smallest absolute Gasteiger partial charge is 0.188 e. The summed E-state index contributed by atoms with van der Waals surface area (Å²) in [4.78, 5) is 4.28. The summed E-state index contributed by atoms with van der Waals surface area (Å²) in [6.45, 7) is 5.00. The number of aromatic nitrogens is 2. The van der Waals surface area contributed by atoms with Crippen molar-refractivity contribution in [1.82, 2.24) is 9.38 Å². The first-order valence-corrected chi connectivity index (χ1v) is 7.01. The Hall–Kier alpha value is -1.56. The number of sulfone groups is 1. The van der Waals surface area contributed by atoms with Gasteiger partial charge in [0, 0.05) is 24.7 Å². The van der Waals surface area contributed by atoms with Gasteiger partial charge < -0.3 is 9.14 Å². The molecule has 0 aliphatic carbocycles. The fourth-order valence-electron chi connectivity index (χ4n) is 1.62. The van der Waals surface area contributed by atoms with Gasteiger partial charge in [0.25, 0.3) is 0 Å². The van der Waals surface area contributed by atoms with Gasteiger partial charge in [-0.25, -0.2) is 13.4 Å². The maximum Gasteiger partial charge on any atom is 0.188 e. The maximum atomic E-state index is 12.5. The second kappa shape index (κ2) is 3.98. The number of ether oxygens (including phenoxy) is 1. The molecule has 0 unspecified atom stereocenters. The second-order valence-corrected chi connectivity index (χ2v) is 7.69. The molecule has 0 radical (unpaired) electrons.